The summed E-state index contributed by atoms with van der Waals surface area (Å²) in [6.07, 6.45) is 0.750. The first-order valence-corrected chi connectivity index (χ1v) is 10.4. The van der Waals surface area contributed by atoms with Crippen LogP contribution in [0.2, 0.25) is 10.0 Å². The van der Waals surface area contributed by atoms with Crippen molar-refractivity contribution in [2.24, 2.45) is 0 Å². The molecule has 0 atom stereocenters. The van der Waals surface area contributed by atoms with Crippen molar-refractivity contribution in [3.8, 4) is 11.1 Å². The minimum atomic E-state index is 0.573. The fourth-order valence-corrected chi connectivity index (χ4v) is 3.35. The van der Waals surface area contributed by atoms with Crippen molar-refractivity contribution < 1.29 is 0 Å². The average molecular weight is 451 g/mol. The highest BCUT2D eigenvalue weighted by atomic mass is 35.5. The molecule has 4 aromatic carbocycles. The van der Waals surface area contributed by atoms with Crippen LogP contribution in [0.3, 0.4) is 0 Å². The zero-order chi connectivity index (χ0) is 22.4. The molecule has 0 unspecified atom stereocenters. The summed E-state index contributed by atoms with van der Waals surface area (Å²) in [5.74, 6) is 0. The maximum atomic E-state index is 5.97. The molecular weight excluding hydrogens is 427 g/mol. The summed E-state index contributed by atoms with van der Waals surface area (Å²) < 4.78 is 0. The summed E-state index contributed by atoms with van der Waals surface area (Å²) in [5, 5.41) is 1.15. The molecule has 0 spiro atoms. The Morgan fingerprint density at radius 3 is 1.16 bits per heavy atom. The van der Waals surface area contributed by atoms with Crippen LogP contribution in [0.1, 0.15) is 11.1 Å². The largest absolute Gasteiger partial charge is 0.399 e. The van der Waals surface area contributed by atoms with Crippen LogP contribution < -0.4 is 22.9 Å². The first kappa shape index (κ1) is 22.3. The lowest BCUT2D eigenvalue weighted by molar-refractivity contribution is 1.19. The molecule has 4 nitrogen and oxygen atoms in total. The predicted octanol–water partition coefficient (Wildman–Crippen LogP) is 6.27. The van der Waals surface area contributed by atoms with E-state index in [1.54, 1.807) is 12.1 Å². The lowest BCUT2D eigenvalue weighted by Crippen LogP contribution is -1.93. The highest BCUT2D eigenvalue weighted by Crippen LogP contribution is 2.24. The van der Waals surface area contributed by atoms with E-state index in [9.17, 15) is 0 Å². The van der Waals surface area contributed by atoms with Gasteiger partial charge in [-0.15, -0.1) is 0 Å². The Bertz CT molecular complexity index is 1060. The molecule has 0 saturated heterocycles. The molecule has 158 valence electrons. The number of rotatable bonds is 3. The zero-order valence-electron chi connectivity index (χ0n) is 16.9. The Hall–Kier alpha value is -3.34. The van der Waals surface area contributed by atoms with Crippen LogP contribution in [0, 0.1) is 0 Å². The van der Waals surface area contributed by atoms with Crippen LogP contribution in [0.25, 0.3) is 11.1 Å². The van der Waals surface area contributed by atoms with Gasteiger partial charge in [-0.1, -0.05) is 59.6 Å². The Morgan fingerprint density at radius 1 is 0.484 bits per heavy atom. The summed E-state index contributed by atoms with van der Waals surface area (Å²) in [6, 6.07) is 26.8. The van der Waals surface area contributed by atoms with Crippen molar-refractivity contribution in [1.29, 1.82) is 0 Å². The van der Waals surface area contributed by atoms with Crippen molar-refractivity contribution >= 4 is 46.0 Å². The van der Waals surface area contributed by atoms with E-state index < -0.39 is 0 Å². The van der Waals surface area contributed by atoms with Gasteiger partial charge in [-0.25, -0.2) is 0 Å². The fourth-order valence-electron chi connectivity index (χ4n) is 2.95. The third-order valence-electron chi connectivity index (χ3n) is 4.69. The standard InChI is InChI=1S/C13H12Cl2N2.C12H12N2/c14-10-6-8(1-3-12(10)16)5-9-2-4-13(17)11(15)7-9;13-11-5-1-9(2-6-11)10-3-7-12(14)8-4-10/h1-4,6-7H,5,16-17H2;1-8H,13-14H2. The average Bonchev–Trinajstić information content (AvgIpc) is 2.75. The highest BCUT2D eigenvalue weighted by molar-refractivity contribution is 6.33. The van der Waals surface area contributed by atoms with E-state index >= 15 is 0 Å². The third kappa shape index (κ3) is 6.32. The van der Waals surface area contributed by atoms with Gasteiger partial charge in [-0.05, 0) is 77.2 Å². The number of nitrogens with two attached hydrogens (primary N) is 4. The topological polar surface area (TPSA) is 104 Å². The number of benzene rings is 4. The minimum absolute atomic E-state index is 0.573. The summed E-state index contributed by atoms with van der Waals surface area (Å²) in [5.41, 5.74) is 29.8. The Morgan fingerprint density at radius 2 is 0.839 bits per heavy atom. The molecule has 0 aliphatic carbocycles. The SMILES string of the molecule is Nc1ccc(-c2ccc(N)cc2)cc1.Nc1ccc(Cc2ccc(N)c(Cl)c2)cc1Cl. The lowest BCUT2D eigenvalue weighted by Gasteiger charge is -2.06. The predicted molar refractivity (Wildman–Crippen MR) is 135 cm³/mol. The van der Waals surface area contributed by atoms with Gasteiger partial charge in [0.05, 0.1) is 21.4 Å². The summed E-state index contributed by atoms with van der Waals surface area (Å²) >= 11 is 11.9. The number of nitrogen functional groups attached to an aromatic ring is 4. The van der Waals surface area contributed by atoms with Crippen molar-refractivity contribution in [3.63, 3.8) is 0 Å². The molecule has 0 aliphatic rings. The Labute approximate surface area is 192 Å². The van der Waals surface area contributed by atoms with Crippen molar-refractivity contribution in [2.75, 3.05) is 22.9 Å². The molecule has 4 rings (SSSR count). The zero-order valence-corrected chi connectivity index (χ0v) is 18.4. The second kappa shape index (κ2) is 10.1. The first-order valence-electron chi connectivity index (χ1n) is 9.61. The molecule has 0 radical (unpaired) electrons. The van der Waals surface area contributed by atoms with Crippen LogP contribution in [0.15, 0.2) is 84.9 Å². The molecule has 6 heteroatoms. The number of halogens is 2. The second-order valence-corrected chi connectivity index (χ2v) is 7.95. The fraction of sp³-hybridized carbons (Fsp3) is 0.0400. The van der Waals surface area contributed by atoms with Crippen molar-refractivity contribution in [1.82, 2.24) is 0 Å². The molecule has 4 aromatic rings. The third-order valence-corrected chi connectivity index (χ3v) is 5.35. The maximum Gasteiger partial charge on any atom is 0.0638 e. The van der Waals surface area contributed by atoms with Gasteiger partial charge in [0.2, 0.25) is 0 Å². The molecular formula is C25H24Cl2N4. The smallest absolute Gasteiger partial charge is 0.0638 e. The van der Waals surface area contributed by atoms with E-state index in [0.717, 1.165) is 40.0 Å². The van der Waals surface area contributed by atoms with Gasteiger partial charge >= 0.3 is 0 Å². The van der Waals surface area contributed by atoms with Crippen LogP contribution in [0.4, 0.5) is 22.7 Å². The van der Waals surface area contributed by atoms with E-state index in [2.05, 4.69) is 0 Å². The monoisotopic (exact) mass is 450 g/mol. The van der Waals surface area contributed by atoms with E-state index in [1.165, 1.54) is 0 Å². The maximum absolute atomic E-state index is 5.97. The molecule has 0 aliphatic heterocycles. The quantitative estimate of drug-likeness (QED) is 0.276. The summed E-state index contributed by atoms with van der Waals surface area (Å²) in [4.78, 5) is 0. The Kier molecular flexibility index (Phi) is 7.29. The number of hydrogen-bond donors (Lipinski definition) is 4. The Balaban J connectivity index is 0.000000179. The van der Waals surface area contributed by atoms with Gasteiger partial charge < -0.3 is 22.9 Å². The van der Waals surface area contributed by atoms with Gasteiger partial charge in [-0.3, -0.25) is 0 Å². The van der Waals surface area contributed by atoms with Gasteiger partial charge in [-0.2, -0.15) is 0 Å². The second-order valence-electron chi connectivity index (χ2n) is 7.13. The highest BCUT2D eigenvalue weighted by Gasteiger charge is 2.02. The van der Waals surface area contributed by atoms with E-state index in [0.29, 0.717) is 21.4 Å². The first-order chi connectivity index (χ1) is 14.8. The molecule has 0 saturated carbocycles. The minimum Gasteiger partial charge on any atom is -0.399 e. The molecule has 0 heterocycles. The van der Waals surface area contributed by atoms with E-state index in [-0.39, 0.29) is 0 Å². The molecule has 0 bridgehead atoms. The van der Waals surface area contributed by atoms with Crippen LogP contribution in [-0.2, 0) is 6.42 Å². The van der Waals surface area contributed by atoms with Crippen molar-refractivity contribution in [3.05, 3.63) is 106 Å². The summed E-state index contributed by atoms with van der Waals surface area (Å²) in [7, 11) is 0. The van der Waals surface area contributed by atoms with Gasteiger partial charge in [0.25, 0.3) is 0 Å². The van der Waals surface area contributed by atoms with E-state index in [4.69, 9.17) is 46.1 Å². The molecule has 0 amide bonds. The number of anilines is 4. The molecule has 8 N–H and O–H groups in total. The molecule has 0 fully saturated rings. The lowest BCUT2D eigenvalue weighted by atomic mass is 10.0. The van der Waals surface area contributed by atoms with Gasteiger partial charge in [0.1, 0.15) is 0 Å². The summed E-state index contributed by atoms with van der Waals surface area (Å²) in [6.45, 7) is 0. The van der Waals surface area contributed by atoms with Gasteiger partial charge in [0.15, 0.2) is 0 Å². The van der Waals surface area contributed by atoms with Gasteiger partial charge in [0, 0.05) is 11.4 Å². The number of hydrogen-bond acceptors (Lipinski definition) is 4. The molecule has 31 heavy (non-hydrogen) atoms. The van der Waals surface area contributed by atoms with Crippen LogP contribution in [0.5, 0.6) is 0 Å². The normalized spacial score (nSPS) is 10.3. The molecule has 0 aromatic heterocycles. The van der Waals surface area contributed by atoms with Crippen LogP contribution in [-0.4, -0.2) is 0 Å². The van der Waals surface area contributed by atoms with Crippen LogP contribution >= 0.6 is 23.2 Å². The van der Waals surface area contributed by atoms with E-state index in [1.807, 2.05) is 72.8 Å². The van der Waals surface area contributed by atoms with Crippen molar-refractivity contribution in [2.45, 2.75) is 6.42 Å².